The molecule has 0 spiro atoms. The second-order valence-corrected chi connectivity index (χ2v) is 29.3. The van der Waals surface area contributed by atoms with Gasteiger partial charge in [-0.1, -0.05) is 6.92 Å². The van der Waals surface area contributed by atoms with E-state index < -0.39 is 0 Å². The number of pyridine rings is 6. The minimum atomic E-state index is 0.655. The van der Waals surface area contributed by atoms with Crippen molar-refractivity contribution in [2.24, 2.45) is 0 Å². The van der Waals surface area contributed by atoms with E-state index in [2.05, 4.69) is 239 Å². The summed E-state index contributed by atoms with van der Waals surface area (Å²) in [6, 6.07) is 32.2. The molecule has 3 aromatic carbocycles. The van der Waals surface area contributed by atoms with Gasteiger partial charge in [0.2, 0.25) is 0 Å². The lowest BCUT2D eigenvalue weighted by Gasteiger charge is -2.34. The van der Waals surface area contributed by atoms with Gasteiger partial charge in [0.05, 0.1) is 69.1 Å². The van der Waals surface area contributed by atoms with Gasteiger partial charge in [-0.25, -0.2) is 29.9 Å². The Morgan fingerprint density at radius 1 is 0.405 bits per heavy atom. The molecule has 0 aliphatic carbocycles. The van der Waals surface area contributed by atoms with E-state index in [1.807, 2.05) is 55.8 Å². The molecule has 16 heterocycles. The third-order valence-corrected chi connectivity index (χ3v) is 21.4. The van der Waals surface area contributed by atoms with Gasteiger partial charge in [0.1, 0.15) is 17.1 Å². The standard InChI is InChI=1S/C28H31N9O.C27H31N9O.C27H31N9/c1-35-4-6-37(7-5-35)22-2-3-24-25(14-22)32-28(31-24)26-23-13-21(17-30-27(23)34-33-26)20-12-19(15-29-16-20)18-36-8-10-38-11-9-36;1-35-6-8-36(9-7-35)21-3-4-23-24(13-21)32-27(31-23)25-22-12-20(17-30-26(22)34-33-25)19-11-18(15-29-16-19)14-28-5-10-37-2;1-3-6-28-14-18-11-19(16-29-15-18)20-12-22-25(33-34-26(22)30-17-20)27-31-23-5-4-21(13-24(23)32-27)36-9-7-35(2)8-10-36/h2-3,12-17H,4-11,18H2,1H3,(H,31,32)(H,30,33,34);3-4,11-13,15-17,28H,5-10,14H2,1-2H3,(H,31,32)(H,30,33,34);4-5,11-13,15-17,28H,3,6-10,14H2,1-2H3,(H,31,32)(H,30,33,34). The van der Waals surface area contributed by atoms with E-state index >= 15 is 0 Å². The number of morpholine rings is 1. The van der Waals surface area contributed by atoms with Crippen LogP contribution >= 0.6 is 0 Å². The van der Waals surface area contributed by atoms with Crippen molar-refractivity contribution in [3.8, 4) is 67.9 Å². The van der Waals surface area contributed by atoms with Crippen LogP contribution in [-0.2, 0) is 29.1 Å². The van der Waals surface area contributed by atoms with Crippen LogP contribution in [0.2, 0.25) is 0 Å². The minimum Gasteiger partial charge on any atom is -0.383 e. The molecule has 568 valence electrons. The number of hydrogen-bond acceptors (Lipinski definition) is 23. The summed E-state index contributed by atoms with van der Waals surface area (Å²) < 4.78 is 10.6. The molecule has 4 fully saturated rings. The molecule has 0 unspecified atom stereocenters. The number of likely N-dealkylation sites (N-methyl/N-ethyl adjacent to an activating group) is 3. The van der Waals surface area contributed by atoms with E-state index in [0.29, 0.717) is 23.5 Å². The summed E-state index contributed by atoms with van der Waals surface area (Å²) in [7, 11) is 8.23. The van der Waals surface area contributed by atoms with Crippen molar-refractivity contribution >= 4 is 83.3 Å². The highest BCUT2D eigenvalue weighted by Gasteiger charge is 2.24. The number of piperazine rings is 3. The fourth-order valence-electron chi connectivity index (χ4n) is 14.9. The van der Waals surface area contributed by atoms with Crippen molar-refractivity contribution in [1.82, 2.24) is 121 Å². The smallest absolute Gasteiger partial charge is 0.181 e. The number of aromatic amines is 6. The molecule has 0 atom stereocenters. The van der Waals surface area contributed by atoms with Gasteiger partial charge in [-0.15, -0.1) is 0 Å². The molecule has 19 rings (SSSR count). The molecule has 12 aromatic heterocycles. The molecule has 111 heavy (non-hydrogen) atoms. The summed E-state index contributed by atoms with van der Waals surface area (Å²) in [5.41, 5.74) is 23.5. The Labute approximate surface area is 642 Å². The maximum atomic E-state index is 5.48. The van der Waals surface area contributed by atoms with Gasteiger partial charge >= 0.3 is 0 Å². The molecule has 15 aromatic rings. The largest absolute Gasteiger partial charge is 0.383 e. The van der Waals surface area contributed by atoms with Gasteiger partial charge in [-0.2, -0.15) is 15.3 Å². The van der Waals surface area contributed by atoms with Crippen LogP contribution in [0.15, 0.2) is 147 Å². The third-order valence-electron chi connectivity index (χ3n) is 21.4. The fraction of sp³-hybridized carbons (Fsp3) is 0.341. The predicted octanol–water partition coefficient (Wildman–Crippen LogP) is 10.0. The molecule has 0 saturated carbocycles. The van der Waals surface area contributed by atoms with Gasteiger partial charge in [0.25, 0.3) is 0 Å². The number of nitrogens with one attached hydrogen (secondary N) is 8. The highest BCUT2D eigenvalue weighted by Crippen LogP contribution is 2.35. The van der Waals surface area contributed by atoms with Gasteiger partial charge in [-0.3, -0.25) is 35.1 Å². The lowest BCUT2D eigenvalue weighted by molar-refractivity contribution is 0.0341. The zero-order chi connectivity index (χ0) is 75.2. The molecule has 29 nitrogen and oxygen atoms in total. The zero-order valence-corrected chi connectivity index (χ0v) is 63.4. The molecular formula is C82H93N27O2. The van der Waals surface area contributed by atoms with Crippen LogP contribution in [0, 0.1) is 0 Å². The number of fused-ring (bicyclic) bond motifs is 6. The summed E-state index contributed by atoms with van der Waals surface area (Å²) in [6.07, 6.45) is 18.0. The van der Waals surface area contributed by atoms with E-state index in [4.69, 9.17) is 24.4 Å². The number of H-pyrrole nitrogens is 6. The first kappa shape index (κ1) is 72.3. The summed E-state index contributed by atoms with van der Waals surface area (Å²) in [5, 5.41) is 32.3. The van der Waals surface area contributed by atoms with Crippen LogP contribution in [-0.4, -0.2) is 263 Å². The third kappa shape index (κ3) is 16.4. The maximum absolute atomic E-state index is 5.48. The van der Waals surface area contributed by atoms with Crippen LogP contribution in [0.25, 0.3) is 134 Å². The quantitative estimate of drug-likeness (QED) is 0.0329. The van der Waals surface area contributed by atoms with Gasteiger partial charge in [0, 0.05) is 231 Å². The molecule has 4 saturated heterocycles. The zero-order valence-electron chi connectivity index (χ0n) is 63.4. The van der Waals surface area contributed by atoms with E-state index in [0.717, 1.165) is 272 Å². The number of anilines is 3. The maximum Gasteiger partial charge on any atom is 0.181 e. The summed E-state index contributed by atoms with van der Waals surface area (Å²) in [6.45, 7) is 23.2. The van der Waals surface area contributed by atoms with Crippen molar-refractivity contribution in [2.75, 3.05) is 167 Å². The first-order valence-electron chi connectivity index (χ1n) is 38.4. The van der Waals surface area contributed by atoms with Crippen molar-refractivity contribution in [2.45, 2.75) is 33.0 Å². The lowest BCUT2D eigenvalue weighted by Crippen LogP contribution is -2.44. The van der Waals surface area contributed by atoms with Gasteiger partial charge in [-0.05, 0) is 142 Å². The average molecular weight is 1490 g/mol. The minimum absolute atomic E-state index is 0.655. The van der Waals surface area contributed by atoms with E-state index in [-0.39, 0.29) is 0 Å². The molecule has 4 aliphatic rings. The van der Waals surface area contributed by atoms with Crippen LogP contribution < -0.4 is 25.3 Å². The summed E-state index contributed by atoms with van der Waals surface area (Å²) in [4.78, 5) is 69.2. The molecule has 8 N–H and O–H groups in total. The molecule has 0 amide bonds. The van der Waals surface area contributed by atoms with E-state index in [1.165, 1.54) is 22.6 Å². The average Bonchev–Trinajstić information content (AvgIpc) is 1.63. The number of aromatic nitrogens is 18. The second-order valence-electron chi connectivity index (χ2n) is 29.3. The molecular weight excluding hydrogens is 1400 g/mol. The number of hydrogen-bond donors (Lipinski definition) is 8. The Morgan fingerprint density at radius 2 is 0.766 bits per heavy atom. The summed E-state index contributed by atoms with van der Waals surface area (Å²) >= 11 is 0. The Kier molecular flexibility index (Phi) is 21.5. The Morgan fingerprint density at radius 3 is 1.14 bits per heavy atom. The van der Waals surface area contributed by atoms with Crippen LogP contribution in [0.1, 0.15) is 30.0 Å². The Bertz CT molecular complexity index is 5690. The van der Waals surface area contributed by atoms with Gasteiger partial charge in [0.15, 0.2) is 34.4 Å². The highest BCUT2D eigenvalue weighted by atomic mass is 16.5. The Balaban J connectivity index is 0.000000121. The second kappa shape index (κ2) is 33.0. The SMILES string of the molecule is CCCNCc1cncc(-c2cnc3n[nH]c(-c4nc5ccc(N6CCN(C)CC6)cc5[nH]4)c3c2)c1.CN1CCN(c2ccc3nc(-c4[nH]nc5ncc(-c6cncc(CN7CCOCC7)c6)cc45)[nH]c3c2)CC1.COCCNCc1cncc(-c2cnc3n[nH]c(-c4nc5ccc(N6CCN(C)CC6)cc5[nH]4)c3c2)c1. The van der Waals surface area contributed by atoms with Gasteiger partial charge < -0.3 is 64.5 Å². The number of benzene rings is 3. The topological polar surface area (TPSA) is 315 Å². The predicted molar refractivity (Wildman–Crippen MR) is 437 cm³/mol. The first-order chi connectivity index (χ1) is 54.5. The normalized spacial score (nSPS) is 15.7. The van der Waals surface area contributed by atoms with Crippen LogP contribution in [0.3, 0.4) is 0 Å². The number of nitrogens with zero attached hydrogens (tertiary/aromatic N) is 19. The number of methoxy groups -OCH3 is 1. The van der Waals surface area contributed by atoms with Crippen molar-refractivity contribution in [1.29, 1.82) is 0 Å². The highest BCUT2D eigenvalue weighted by molar-refractivity contribution is 5.97. The molecule has 0 radical (unpaired) electrons. The van der Waals surface area contributed by atoms with Crippen molar-refractivity contribution in [3.05, 3.63) is 163 Å². The van der Waals surface area contributed by atoms with Crippen LogP contribution in [0.4, 0.5) is 17.1 Å². The fourth-order valence-corrected chi connectivity index (χ4v) is 14.9. The number of ether oxygens (including phenoxy) is 2. The molecule has 29 heteroatoms. The number of imidazole rings is 3. The first-order valence-corrected chi connectivity index (χ1v) is 38.4. The van der Waals surface area contributed by atoms with Crippen molar-refractivity contribution < 1.29 is 9.47 Å². The van der Waals surface area contributed by atoms with Crippen LogP contribution in [0.5, 0.6) is 0 Å². The molecule has 4 aliphatic heterocycles. The monoisotopic (exact) mass is 1490 g/mol. The lowest BCUT2D eigenvalue weighted by atomic mass is 10.1. The summed E-state index contributed by atoms with van der Waals surface area (Å²) in [5.74, 6) is 2.27. The Hall–Kier alpha value is -11.5. The number of rotatable bonds is 20. The van der Waals surface area contributed by atoms with E-state index in [1.54, 1.807) is 7.11 Å². The molecule has 0 bridgehead atoms. The van der Waals surface area contributed by atoms with Crippen molar-refractivity contribution in [3.63, 3.8) is 0 Å². The van der Waals surface area contributed by atoms with E-state index in [9.17, 15) is 0 Å².